The monoisotopic (exact) mass is 471 g/mol. The molecule has 1 aliphatic carbocycles. The zero-order chi connectivity index (χ0) is 23.8. The number of methoxy groups -OCH3 is 1. The summed E-state index contributed by atoms with van der Waals surface area (Å²) in [7, 11) is 1.43. The lowest BCUT2D eigenvalue weighted by molar-refractivity contribution is -0.109. The first-order chi connectivity index (χ1) is 16.6. The molecule has 1 saturated heterocycles. The van der Waals surface area contributed by atoms with E-state index in [0.717, 1.165) is 32.2 Å². The highest BCUT2D eigenvalue weighted by Gasteiger charge is 2.24. The number of nitrogens with one attached hydrogen (secondary N) is 3. The predicted octanol–water partition coefficient (Wildman–Crippen LogP) is 3.83. The minimum Gasteiger partial charge on any atom is -0.494 e. The molecule has 2 aromatic rings. The smallest absolute Gasteiger partial charge is 0.233 e. The van der Waals surface area contributed by atoms with E-state index in [4.69, 9.17) is 4.74 Å². The van der Waals surface area contributed by atoms with E-state index in [-0.39, 0.29) is 11.8 Å². The molecule has 1 saturated carbocycles. The van der Waals surface area contributed by atoms with Gasteiger partial charge in [0.2, 0.25) is 17.8 Å². The van der Waals surface area contributed by atoms with Crippen LogP contribution in [0, 0.1) is 11.7 Å². The molecular weight excluding hydrogens is 437 g/mol. The van der Waals surface area contributed by atoms with Crippen molar-refractivity contribution in [2.45, 2.75) is 51.0 Å². The molecule has 2 fully saturated rings. The first-order valence-corrected chi connectivity index (χ1v) is 12.2. The highest BCUT2D eigenvalue weighted by Crippen LogP contribution is 2.25. The summed E-state index contributed by atoms with van der Waals surface area (Å²) in [5.41, 5.74) is 0.515. The molecule has 0 bridgehead atoms. The molecule has 2 heterocycles. The van der Waals surface area contributed by atoms with E-state index in [1.807, 2.05) is 0 Å². The number of aldehydes is 1. The van der Waals surface area contributed by atoms with Gasteiger partial charge in [-0.15, -0.1) is 0 Å². The van der Waals surface area contributed by atoms with Crippen LogP contribution in [0.15, 0.2) is 18.2 Å². The van der Waals surface area contributed by atoms with Crippen LogP contribution in [0.3, 0.4) is 0 Å². The lowest BCUT2D eigenvalue weighted by atomic mass is 9.89. The fourth-order valence-corrected chi connectivity index (χ4v) is 4.76. The molecule has 1 unspecified atom stereocenters. The third-order valence-electron chi connectivity index (χ3n) is 6.62. The lowest BCUT2D eigenvalue weighted by Crippen LogP contribution is -2.36. The highest BCUT2D eigenvalue weighted by atomic mass is 19.1. The van der Waals surface area contributed by atoms with Crippen molar-refractivity contribution in [3.8, 4) is 5.75 Å². The van der Waals surface area contributed by atoms with Gasteiger partial charge in [-0.05, 0) is 50.3 Å². The van der Waals surface area contributed by atoms with Crippen molar-refractivity contribution >= 4 is 29.8 Å². The molecule has 2 aliphatic rings. The second-order valence-corrected chi connectivity index (χ2v) is 9.00. The molecule has 9 nitrogen and oxygen atoms in total. The van der Waals surface area contributed by atoms with Crippen LogP contribution in [0.25, 0.3) is 0 Å². The summed E-state index contributed by atoms with van der Waals surface area (Å²) < 4.78 is 19.2. The quantitative estimate of drug-likeness (QED) is 0.422. The van der Waals surface area contributed by atoms with Gasteiger partial charge >= 0.3 is 0 Å². The zero-order valence-electron chi connectivity index (χ0n) is 19.7. The Kier molecular flexibility index (Phi) is 8.46. The van der Waals surface area contributed by atoms with E-state index in [9.17, 15) is 9.18 Å². The largest absolute Gasteiger partial charge is 0.494 e. The van der Waals surface area contributed by atoms with Gasteiger partial charge in [0, 0.05) is 30.9 Å². The molecule has 0 spiro atoms. The van der Waals surface area contributed by atoms with Crippen molar-refractivity contribution in [1.82, 2.24) is 19.9 Å². The Balaban J connectivity index is 1.48. The third-order valence-corrected chi connectivity index (χ3v) is 6.62. The van der Waals surface area contributed by atoms with Crippen LogP contribution in [0.1, 0.15) is 44.9 Å². The lowest BCUT2D eigenvalue weighted by Gasteiger charge is -2.23. The number of hydrogen-bond donors (Lipinski definition) is 3. The number of nitrogens with zero attached hydrogens (tertiary/aromatic N) is 4. The summed E-state index contributed by atoms with van der Waals surface area (Å²) in [5.74, 6) is 1.57. The molecule has 1 atom stereocenters. The van der Waals surface area contributed by atoms with Crippen LogP contribution in [0.5, 0.6) is 5.75 Å². The van der Waals surface area contributed by atoms with Crippen LogP contribution in [-0.4, -0.2) is 65.5 Å². The second-order valence-electron chi connectivity index (χ2n) is 9.00. The topological polar surface area (TPSA) is 104 Å². The fraction of sp³-hybridized carbons (Fsp3) is 0.583. The molecule has 1 aliphatic heterocycles. The standard InChI is InChI=1S/C24H34FN7O2/c1-34-21-10-9-18(14-20(21)25)28-24-30-22(26-15-17-6-3-2-4-7-17)29-23(31-24)27-16-19-8-5-11-32(19)12-13-33/h9-10,13-14,17,19H,2-8,11-12,15-16H2,1H3,(H3,26,27,28,29,30,31). The maximum Gasteiger partial charge on any atom is 0.233 e. The summed E-state index contributed by atoms with van der Waals surface area (Å²) in [6, 6.07) is 4.87. The van der Waals surface area contributed by atoms with Crippen LogP contribution >= 0.6 is 0 Å². The van der Waals surface area contributed by atoms with Gasteiger partial charge in [-0.2, -0.15) is 15.0 Å². The Morgan fingerprint density at radius 3 is 2.47 bits per heavy atom. The highest BCUT2D eigenvalue weighted by molar-refractivity contribution is 5.57. The molecule has 3 N–H and O–H groups in total. The average molecular weight is 472 g/mol. The van der Waals surface area contributed by atoms with Gasteiger partial charge in [-0.3, -0.25) is 4.90 Å². The van der Waals surface area contributed by atoms with Gasteiger partial charge < -0.3 is 25.5 Å². The first kappa shape index (κ1) is 24.1. The van der Waals surface area contributed by atoms with Crippen LogP contribution in [0.4, 0.5) is 27.9 Å². The summed E-state index contributed by atoms with van der Waals surface area (Å²) in [6.07, 6.45) is 9.32. The number of carbonyl (C=O) groups is 1. The van der Waals surface area contributed by atoms with E-state index < -0.39 is 5.82 Å². The number of benzene rings is 1. The number of likely N-dealkylation sites (tertiary alicyclic amines) is 1. The molecule has 4 rings (SSSR count). The normalized spacial score (nSPS) is 19.1. The van der Waals surface area contributed by atoms with Crippen molar-refractivity contribution in [2.24, 2.45) is 5.92 Å². The van der Waals surface area contributed by atoms with E-state index in [1.54, 1.807) is 12.1 Å². The van der Waals surface area contributed by atoms with Gasteiger partial charge in [0.1, 0.15) is 6.29 Å². The Labute approximate surface area is 199 Å². The van der Waals surface area contributed by atoms with E-state index in [1.165, 1.54) is 45.3 Å². The van der Waals surface area contributed by atoms with E-state index in [2.05, 4.69) is 35.8 Å². The molecule has 0 amide bonds. The summed E-state index contributed by atoms with van der Waals surface area (Å²) in [5, 5.41) is 9.77. The second kappa shape index (κ2) is 11.9. The molecule has 1 aromatic carbocycles. The zero-order valence-corrected chi connectivity index (χ0v) is 19.7. The van der Waals surface area contributed by atoms with Crippen LogP contribution in [-0.2, 0) is 4.79 Å². The van der Waals surface area contributed by atoms with Crippen LogP contribution in [0.2, 0.25) is 0 Å². The maximum atomic E-state index is 14.2. The molecular formula is C24H34FN7O2. The van der Waals surface area contributed by atoms with Gasteiger partial charge in [0.05, 0.1) is 13.7 Å². The van der Waals surface area contributed by atoms with Crippen LogP contribution < -0.4 is 20.7 Å². The molecule has 0 radical (unpaired) electrons. The summed E-state index contributed by atoms with van der Waals surface area (Å²) in [4.78, 5) is 26.7. The number of rotatable bonds is 11. The Hall–Kier alpha value is -3.01. The molecule has 1 aromatic heterocycles. The predicted molar refractivity (Wildman–Crippen MR) is 130 cm³/mol. The Bertz CT molecular complexity index is 955. The van der Waals surface area contributed by atoms with E-state index >= 15 is 0 Å². The SMILES string of the molecule is COc1ccc(Nc2nc(NCC3CCCCC3)nc(NCC3CCCN3CC=O)n2)cc1F. The molecule has 34 heavy (non-hydrogen) atoms. The molecule has 10 heteroatoms. The van der Waals surface area contributed by atoms with Crippen molar-refractivity contribution in [3.05, 3.63) is 24.0 Å². The number of hydrogen-bond acceptors (Lipinski definition) is 9. The average Bonchev–Trinajstić information content (AvgIpc) is 3.29. The van der Waals surface area contributed by atoms with Crippen molar-refractivity contribution in [3.63, 3.8) is 0 Å². The Morgan fingerprint density at radius 2 is 1.76 bits per heavy atom. The number of aromatic nitrogens is 3. The fourth-order valence-electron chi connectivity index (χ4n) is 4.76. The van der Waals surface area contributed by atoms with E-state index in [0.29, 0.717) is 42.5 Å². The number of halogens is 1. The minimum absolute atomic E-state index is 0.176. The Morgan fingerprint density at radius 1 is 1.03 bits per heavy atom. The van der Waals surface area contributed by atoms with Crippen molar-refractivity contribution in [2.75, 3.05) is 49.2 Å². The number of carbonyl (C=O) groups excluding carboxylic acids is 1. The van der Waals surface area contributed by atoms with Crippen molar-refractivity contribution < 1.29 is 13.9 Å². The van der Waals surface area contributed by atoms with Gasteiger partial charge in [0.15, 0.2) is 11.6 Å². The van der Waals surface area contributed by atoms with Gasteiger partial charge in [-0.1, -0.05) is 19.3 Å². The minimum atomic E-state index is -0.466. The summed E-state index contributed by atoms with van der Waals surface area (Å²) in [6.45, 7) is 2.81. The first-order valence-electron chi connectivity index (χ1n) is 12.2. The third kappa shape index (κ3) is 6.53. The maximum absolute atomic E-state index is 14.2. The number of anilines is 4. The summed E-state index contributed by atoms with van der Waals surface area (Å²) >= 11 is 0. The van der Waals surface area contributed by atoms with Gasteiger partial charge in [0.25, 0.3) is 0 Å². The number of ether oxygens (including phenoxy) is 1. The van der Waals surface area contributed by atoms with Gasteiger partial charge in [-0.25, -0.2) is 4.39 Å². The molecule has 184 valence electrons. The van der Waals surface area contributed by atoms with Crippen molar-refractivity contribution in [1.29, 1.82) is 0 Å².